The molecule has 6 heteroatoms. The largest absolute Gasteiger partial charge is 0.573 e. The molecular formula is C22H17F5O. The van der Waals surface area contributed by atoms with E-state index in [-0.39, 0.29) is 5.56 Å². The zero-order valence-corrected chi connectivity index (χ0v) is 15.0. The first-order valence-corrected chi connectivity index (χ1v) is 8.76. The Kier molecular flexibility index (Phi) is 5.73. The molecule has 3 rings (SSSR count). The second kappa shape index (κ2) is 8.05. The van der Waals surface area contributed by atoms with Gasteiger partial charge in [-0.15, -0.1) is 13.2 Å². The van der Waals surface area contributed by atoms with Crippen LogP contribution in [0.5, 0.6) is 5.75 Å². The number of benzene rings is 2. The van der Waals surface area contributed by atoms with E-state index in [2.05, 4.69) is 28.7 Å². The maximum Gasteiger partial charge on any atom is 0.573 e. The second-order valence-electron chi connectivity index (χ2n) is 6.58. The summed E-state index contributed by atoms with van der Waals surface area (Å²) >= 11 is 0. The van der Waals surface area contributed by atoms with Crippen molar-refractivity contribution in [2.45, 2.75) is 32.5 Å². The standard InChI is InChI=1S/C22H17F5O/c1-2-3-14-6-8-18-11-15(7-9-17(18)10-14)4-5-16-12-19(23)21(20(24)13-16)28-22(25,26)27/h2-3,7,9,11-14H,6,8,10H2,1H3. The van der Waals surface area contributed by atoms with Crippen LogP contribution in [-0.2, 0) is 12.8 Å². The molecule has 1 aliphatic rings. The van der Waals surface area contributed by atoms with Crippen molar-refractivity contribution in [1.29, 1.82) is 0 Å². The molecule has 0 N–H and O–H groups in total. The SMILES string of the molecule is CC=CC1CCc2cc(C#Cc3cc(F)c(OC(F)(F)F)c(F)c3)ccc2C1. The van der Waals surface area contributed by atoms with E-state index in [9.17, 15) is 22.0 Å². The Morgan fingerprint density at radius 2 is 1.68 bits per heavy atom. The molecular weight excluding hydrogens is 375 g/mol. The lowest BCUT2D eigenvalue weighted by Gasteiger charge is -2.22. The van der Waals surface area contributed by atoms with E-state index in [1.807, 2.05) is 25.1 Å². The molecule has 0 aliphatic heterocycles. The first kappa shape index (κ1) is 19.9. The Labute approximate surface area is 159 Å². The number of hydrogen-bond donors (Lipinski definition) is 0. The predicted molar refractivity (Wildman–Crippen MR) is 95.8 cm³/mol. The van der Waals surface area contributed by atoms with Gasteiger partial charge in [-0.25, -0.2) is 8.78 Å². The van der Waals surface area contributed by atoms with E-state index >= 15 is 0 Å². The lowest BCUT2D eigenvalue weighted by molar-refractivity contribution is -0.276. The minimum absolute atomic E-state index is 0.0737. The van der Waals surface area contributed by atoms with Crippen LogP contribution in [0.2, 0.25) is 0 Å². The number of allylic oxidation sites excluding steroid dienone is 2. The highest BCUT2D eigenvalue weighted by Crippen LogP contribution is 2.29. The van der Waals surface area contributed by atoms with Gasteiger partial charge in [0, 0.05) is 11.1 Å². The fourth-order valence-corrected chi connectivity index (χ4v) is 3.29. The van der Waals surface area contributed by atoms with E-state index < -0.39 is 23.7 Å². The molecule has 1 atom stereocenters. The summed E-state index contributed by atoms with van der Waals surface area (Å²) < 4.78 is 67.4. The van der Waals surface area contributed by atoms with Crippen LogP contribution in [0.4, 0.5) is 22.0 Å². The quantitative estimate of drug-likeness (QED) is 0.349. The third kappa shape index (κ3) is 4.92. The van der Waals surface area contributed by atoms with Crippen molar-refractivity contribution in [3.63, 3.8) is 0 Å². The van der Waals surface area contributed by atoms with Crippen molar-refractivity contribution in [2.75, 3.05) is 0 Å². The summed E-state index contributed by atoms with van der Waals surface area (Å²) in [5.41, 5.74) is 3.06. The zero-order chi connectivity index (χ0) is 20.3. The van der Waals surface area contributed by atoms with Gasteiger partial charge in [-0.05, 0) is 67.5 Å². The van der Waals surface area contributed by atoms with Crippen LogP contribution in [0.3, 0.4) is 0 Å². The normalized spacial score (nSPS) is 16.4. The third-order valence-corrected chi connectivity index (χ3v) is 4.50. The van der Waals surface area contributed by atoms with E-state index in [1.54, 1.807) is 0 Å². The average molecular weight is 392 g/mol. The molecule has 0 heterocycles. The van der Waals surface area contributed by atoms with Gasteiger partial charge in [0.25, 0.3) is 0 Å². The van der Waals surface area contributed by atoms with E-state index in [0.717, 1.165) is 31.4 Å². The molecule has 0 amide bonds. The zero-order valence-electron chi connectivity index (χ0n) is 15.0. The first-order chi connectivity index (χ1) is 13.2. The minimum Gasteiger partial charge on any atom is -0.399 e. The van der Waals surface area contributed by atoms with Gasteiger partial charge in [0.15, 0.2) is 11.6 Å². The van der Waals surface area contributed by atoms with E-state index in [4.69, 9.17) is 0 Å². The van der Waals surface area contributed by atoms with Crippen LogP contribution in [0, 0.1) is 29.4 Å². The predicted octanol–water partition coefficient (Wildman–Crippen LogP) is 5.94. The molecule has 28 heavy (non-hydrogen) atoms. The Balaban J connectivity index is 1.81. The highest BCUT2D eigenvalue weighted by Gasteiger charge is 2.34. The van der Waals surface area contributed by atoms with Crippen LogP contribution in [-0.4, -0.2) is 6.36 Å². The van der Waals surface area contributed by atoms with Gasteiger partial charge in [-0.1, -0.05) is 30.1 Å². The molecule has 2 aromatic carbocycles. The number of ether oxygens (including phenoxy) is 1. The summed E-state index contributed by atoms with van der Waals surface area (Å²) in [6.07, 6.45) is 2.01. The molecule has 0 bridgehead atoms. The molecule has 1 unspecified atom stereocenters. The molecule has 0 spiro atoms. The molecule has 0 saturated carbocycles. The average Bonchev–Trinajstić information content (AvgIpc) is 2.62. The van der Waals surface area contributed by atoms with Crippen LogP contribution < -0.4 is 4.74 Å². The summed E-state index contributed by atoms with van der Waals surface area (Å²) in [5, 5.41) is 0. The van der Waals surface area contributed by atoms with Gasteiger partial charge in [0.05, 0.1) is 0 Å². The number of fused-ring (bicyclic) bond motifs is 1. The van der Waals surface area contributed by atoms with Crippen LogP contribution in [0.25, 0.3) is 0 Å². The Hall–Kier alpha value is -2.81. The van der Waals surface area contributed by atoms with Gasteiger partial charge < -0.3 is 4.74 Å². The number of rotatable bonds is 2. The Bertz CT molecular complexity index is 940. The summed E-state index contributed by atoms with van der Waals surface area (Å²) in [6, 6.07) is 7.21. The molecule has 1 aliphatic carbocycles. The van der Waals surface area contributed by atoms with Crippen molar-refractivity contribution in [2.24, 2.45) is 5.92 Å². The maximum absolute atomic E-state index is 13.8. The summed E-state index contributed by atoms with van der Waals surface area (Å²) in [6.45, 7) is 2.00. The number of hydrogen-bond acceptors (Lipinski definition) is 1. The van der Waals surface area contributed by atoms with Crippen molar-refractivity contribution in [3.05, 3.63) is 76.4 Å². The van der Waals surface area contributed by atoms with Crippen LogP contribution >= 0.6 is 0 Å². The smallest absolute Gasteiger partial charge is 0.399 e. The van der Waals surface area contributed by atoms with Crippen LogP contribution in [0.1, 0.15) is 35.6 Å². The summed E-state index contributed by atoms with van der Waals surface area (Å²) in [5.74, 6) is 1.53. The molecule has 2 aromatic rings. The molecule has 0 fully saturated rings. The van der Waals surface area contributed by atoms with E-state index in [0.29, 0.717) is 11.5 Å². The van der Waals surface area contributed by atoms with Crippen LogP contribution in [0.15, 0.2) is 42.5 Å². The molecule has 0 aromatic heterocycles. The van der Waals surface area contributed by atoms with Gasteiger partial charge in [-0.2, -0.15) is 0 Å². The molecule has 1 nitrogen and oxygen atoms in total. The highest BCUT2D eigenvalue weighted by atomic mass is 19.4. The van der Waals surface area contributed by atoms with Gasteiger partial charge >= 0.3 is 6.36 Å². The molecule has 0 radical (unpaired) electrons. The monoisotopic (exact) mass is 392 g/mol. The van der Waals surface area contributed by atoms with Crippen molar-refractivity contribution in [3.8, 4) is 17.6 Å². The van der Waals surface area contributed by atoms with Gasteiger partial charge in [0.2, 0.25) is 5.75 Å². The first-order valence-electron chi connectivity index (χ1n) is 8.76. The Morgan fingerprint density at radius 1 is 1.00 bits per heavy atom. The van der Waals surface area contributed by atoms with Gasteiger partial charge in [0.1, 0.15) is 0 Å². The van der Waals surface area contributed by atoms with Gasteiger partial charge in [-0.3, -0.25) is 0 Å². The second-order valence-corrected chi connectivity index (χ2v) is 6.58. The lowest BCUT2D eigenvalue weighted by Crippen LogP contribution is -2.19. The highest BCUT2D eigenvalue weighted by molar-refractivity contribution is 5.48. The maximum atomic E-state index is 13.8. The third-order valence-electron chi connectivity index (χ3n) is 4.50. The Morgan fingerprint density at radius 3 is 2.32 bits per heavy atom. The molecule has 0 saturated heterocycles. The topological polar surface area (TPSA) is 9.23 Å². The fourth-order valence-electron chi connectivity index (χ4n) is 3.29. The number of halogens is 5. The molecule has 146 valence electrons. The van der Waals surface area contributed by atoms with Crippen molar-refractivity contribution < 1.29 is 26.7 Å². The fraction of sp³-hybridized carbons (Fsp3) is 0.273. The number of aryl methyl sites for hydroxylation is 1. The summed E-state index contributed by atoms with van der Waals surface area (Å²) in [7, 11) is 0. The van der Waals surface area contributed by atoms with Crippen molar-refractivity contribution >= 4 is 0 Å². The minimum atomic E-state index is -5.18. The summed E-state index contributed by atoms with van der Waals surface area (Å²) in [4.78, 5) is 0. The number of alkyl halides is 3. The van der Waals surface area contributed by atoms with E-state index in [1.165, 1.54) is 11.1 Å². The van der Waals surface area contributed by atoms with Crippen molar-refractivity contribution in [1.82, 2.24) is 0 Å². The lowest BCUT2D eigenvalue weighted by atomic mass is 9.83.